The van der Waals surface area contributed by atoms with E-state index in [1.807, 2.05) is 30.5 Å². The molecule has 0 saturated carbocycles. The molecule has 4 rings (SSSR count). The fourth-order valence-electron chi connectivity index (χ4n) is 3.62. The van der Waals surface area contributed by atoms with Gasteiger partial charge in [0.05, 0.1) is 11.5 Å². The maximum atomic E-state index is 13.4. The van der Waals surface area contributed by atoms with Crippen LogP contribution in [0, 0.1) is 19.7 Å². The van der Waals surface area contributed by atoms with E-state index in [-0.39, 0.29) is 17.7 Å². The molecule has 7 heteroatoms. The topological polar surface area (TPSA) is 71.2 Å². The van der Waals surface area contributed by atoms with E-state index in [1.54, 1.807) is 32.0 Å². The largest absolute Gasteiger partial charge is 0.461 e. The molecule has 2 N–H and O–H groups in total. The molecular formula is C25H23FN2O3S. The molecule has 0 fully saturated rings. The molecule has 0 aliphatic rings. The second-order valence-corrected chi connectivity index (χ2v) is 8.45. The number of rotatable bonds is 6. The summed E-state index contributed by atoms with van der Waals surface area (Å²) < 4.78 is 18.5. The summed E-state index contributed by atoms with van der Waals surface area (Å²) >= 11 is 1.39. The van der Waals surface area contributed by atoms with Gasteiger partial charge in [0.15, 0.2) is 0 Å². The highest BCUT2D eigenvalue weighted by Crippen LogP contribution is 2.33. The molecule has 0 radical (unpaired) electrons. The van der Waals surface area contributed by atoms with Crippen LogP contribution in [0.2, 0.25) is 0 Å². The number of thiophene rings is 1. The van der Waals surface area contributed by atoms with Crippen molar-refractivity contribution in [1.82, 2.24) is 10.3 Å². The molecule has 0 saturated heterocycles. The standard InChI is InChI=1S/C25H23FN2O3S/c1-4-31-25(30)22-11-18-10-17(6-8-21(18)28-22)19-13-32-23(15(19)3)24(29)27-12-16-5-7-20(26)14(2)9-16/h5-11,13,28H,4,12H2,1-3H3,(H,27,29). The fourth-order valence-corrected chi connectivity index (χ4v) is 4.64. The minimum Gasteiger partial charge on any atom is -0.461 e. The summed E-state index contributed by atoms with van der Waals surface area (Å²) in [5.74, 6) is -0.798. The number of carbonyl (C=O) groups is 2. The zero-order valence-corrected chi connectivity index (χ0v) is 18.9. The van der Waals surface area contributed by atoms with Gasteiger partial charge in [0.25, 0.3) is 5.91 Å². The van der Waals surface area contributed by atoms with Gasteiger partial charge in [-0.15, -0.1) is 11.3 Å². The van der Waals surface area contributed by atoms with Crippen LogP contribution in [-0.2, 0) is 11.3 Å². The van der Waals surface area contributed by atoms with Crippen LogP contribution in [0.1, 0.15) is 43.8 Å². The van der Waals surface area contributed by atoms with Gasteiger partial charge in [0.2, 0.25) is 0 Å². The van der Waals surface area contributed by atoms with Gasteiger partial charge in [0, 0.05) is 17.4 Å². The number of ether oxygens (including phenoxy) is 1. The number of hydrogen-bond donors (Lipinski definition) is 2. The van der Waals surface area contributed by atoms with Crippen LogP contribution in [0.25, 0.3) is 22.0 Å². The molecule has 0 spiro atoms. The van der Waals surface area contributed by atoms with Gasteiger partial charge in [0.1, 0.15) is 11.5 Å². The Morgan fingerprint density at radius 2 is 1.94 bits per heavy atom. The predicted octanol–water partition coefficient (Wildman–Crippen LogP) is 5.76. The maximum Gasteiger partial charge on any atom is 0.354 e. The molecule has 2 aromatic heterocycles. The van der Waals surface area contributed by atoms with Gasteiger partial charge < -0.3 is 15.0 Å². The van der Waals surface area contributed by atoms with Crippen molar-refractivity contribution in [1.29, 1.82) is 0 Å². The van der Waals surface area contributed by atoms with Crippen molar-refractivity contribution in [2.75, 3.05) is 6.61 Å². The monoisotopic (exact) mass is 450 g/mol. The summed E-state index contributed by atoms with van der Waals surface area (Å²) in [6, 6.07) is 12.5. The van der Waals surface area contributed by atoms with Crippen molar-refractivity contribution < 1.29 is 18.7 Å². The lowest BCUT2D eigenvalue weighted by molar-refractivity contribution is 0.0520. The van der Waals surface area contributed by atoms with Gasteiger partial charge in [-0.05, 0) is 78.2 Å². The number of fused-ring (bicyclic) bond motifs is 1. The van der Waals surface area contributed by atoms with Crippen LogP contribution >= 0.6 is 11.3 Å². The van der Waals surface area contributed by atoms with E-state index in [2.05, 4.69) is 10.3 Å². The van der Waals surface area contributed by atoms with Crippen LogP contribution in [-0.4, -0.2) is 23.5 Å². The van der Waals surface area contributed by atoms with E-state index in [0.717, 1.165) is 33.2 Å². The highest BCUT2D eigenvalue weighted by atomic mass is 32.1. The highest BCUT2D eigenvalue weighted by molar-refractivity contribution is 7.12. The number of halogens is 1. The van der Waals surface area contributed by atoms with Crippen LogP contribution < -0.4 is 5.32 Å². The quantitative estimate of drug-likeness (QED) is 0.367. The van der Waals surface area contributed by atoms with E-state index in [9.17, 15) is 14.0 Å². The van der Waals surface area contributed by atoms with E-state index >= 15 is 0 Å². The number of aromatic amines is 1. The Kier molecular flexibility index (Phi) is 6.10. The zero-order chi connectivity index (χ0) is 22.8. The summed E-state index contributed by atoms with van der Waals surface area (Å²) in [6.45, 7) is 6.05. The Morgan fingerprint density at radius 1 is 1.12 bits per heavy atom. The van der Waals surface area contributed by atoms with Crippen molar-refractivity contribution in [3.05, 3.63) is 80.9 Å². The first kappa shape index (κ1) is 21.8. The van der Waals surface area contributed by atoms with Gasteiger partial charge in [-0.3, -0.25) is 4.79 Å². The lowest BCUT2D eigenvalue weighted by Gasteiger charge is -2.07. The molecule has 0 aliphatic carbocycles. The maximum absolute atomic E-state index is 13.4. The summed E-state index contributed by atoms with van der Waals surface area (Å²) in [7, 11) is 0. The summed E-state index contributed by atoms with van der Waals surface area (Å²) in [4.78, 5) is 28.5. The number of nitrogens with one attached hydrogen (secondary N) is 2. The predicted molar refractivity (Wildman–Crippen MR) is 125 cm³/mol. The smallest absolute Gasteiger partial charge is 0.354 e. The van der Waals surface area contributed by atoms with Crippen molar-refractivity contribution in [2.45, 2.75) is 27.3 Å². The molecule has 1 amide bonds. The molecule has 0 unspecified atom stereocenters. The Labute approximate surface area is 189 Å². The lowest BCUT2D eigenvalue weighted by atomic mass is 10.0. The normalized spacial score (nSPS) is 11.0. The molecule has 164 valence electrons. The number of amides is 1. The highest BCUT2D eigenvalue weighted by Gasteiger charge is 2.17. The molecule has 0 aliphatic heterocycles. The Hall–Kier alpha value is -3.45. The number of H-pyrrole nitrogens is 1. The third-order valence-corrected chi connectivity index (χ3v) is 6.43. The minimum atomic E-state index is -0.382. The minimum absolute atomic E-state index is 0.159. The van der Waals surface area contributed by atoms with Crippen LogP contribution in [0.5, 0.6) is 0 Å². The second-order valence-electron chi connectivity index (χ2n) is 7.58. The Balaban J connectivity index is 1.53. The van der Waals surface area contributed by atoms with Crippen LogP contribution in [0.15, 0.2) is 47.8 Å². The van der Waals surface area contributed by atoms with Crippen molar-refractivity contribution in [3.63, 3.8) is 0 Å². The first-order chi connectivity index (χ1) is 15.4. The van der Waals surface area contributed by atoms with Gasteiger partial charge in [-0.1, -0.05) is 18.2 Å². The number of esters is 1. The first-order valence-corrected chi connectivity index (χ1v) is 11.2. The van der Waals surface area contributed by atoms with Crippen LogP contribution in [0.4, 0.5) is 4.39 Å². The second kappa shape index (κ2) is 8.96. The zero-order valence-electron chi connectivity index (χ0n) is 18.0. The van der Waals surface area contributed by atoms with Gasteiger partial charge in [-0.25, -0.2) is 9.18 Å². The SMILES string of the molecule is CCOC(=O)c1cc2cc(-c3csc(C(=O)NCc4ccc(F)c(C)c4)c3C)ccc2[nH]1. The van der Waals surface area contributed by atoms with E-state index in [0.29, 0.717) is 29.3 Å². The molecule has 4 aromatic rings. The Bertz CT molecular complexity index is 1320. The third kappa shape index (κ3) is 4.29. The fraction of sp³-hybridized carbons (Fsp3) is 0.200. The number of carbonyl (C=O) groups excluding carboxylic acids is 2. The molecule has 32 heavy (non-hydrogen) atoms. The van der Waals surface area contributed by atoms with Gasteiger partial charge in [-0.2, -0.15) is 0 Å². The molecule has 0 bridgehead atoms. The molecular weight excluding hydrogens is 427 g/mol. The molecule has 0 atom stereocenters. The Morgan fingerprint density at radius 3 is 2.69 bits per heavy atom. The molecule has 5 nitrogen and oxygen atoms in total. The van der Waals surface area contributed by atoms with Crippen LogP contribution in [0.3, 0.4) is 0 Å². The first-order valence-electron chi connectivity index (χ1n) is 10.3. The summed E-state index contributed by atoms with van der Waals surface area (Å²) in [5, 5.41) is 5.78. The number of aromatic nitrogens is 1. The number of benzene rings is 2. The average molecular weight is 451 g/mol. The average Bonchev–Trinajstić information content (AvgIpc) is 3.37. The number of hydrogen-bond acceptors (Lipinski definition) is 4. The molecule has 2 aromatic carbocycles. The van der Waals surface area contributed by atoms with Gasteiger partial charge >= 0.3 is 5.97 Å². The van der Waals surface area contributed by atoms with E-state index in [4.69, 9.17) is 4.74 Å². The molecule has 2 heterocycles. The number of aryl methyl sites for hydroxylation is 1. The van der Waals surface area contributed by atoms with Crippen molar-refractivity contribution in [3.8, 4) is 11.1 Å². The summed E-state index contributed by atoms with van der Waals surface area (Å²) in [5.41, 5.74) is 5.49. The van der Waals surface area contributed by atoms with E-state index in [1.165, 1.54) is 17.4 Å². The van der Waals surface area contributed by atoms with E-state index < -0.39 is 0 Å². The van der Waals surface area contributed by atoms with Crippen molar-refractivity contribution in [2.24, 2.45) is 0 Å². The summed E-state index contributed by atoms with van der Waals surface area (Å²) in [6.07, 6.45) is 0. The third-order valence-electron chi connectivity index (χ3n) is 5.35. The van der Waals surface area contributed by atoms with Crippen molar-refractivity contribution >= 4 is 34.1 Å². The lowest BCUT2D eigenvalue weighted by Crippen LogP contribution is -2.22.